The van der Waals surface area contributed by atoms with Crippen molar-refractivity contribution < 1.29 is 24.2 Å². The number of piperazine rings is 1. The monoisotopic (exact) mass is 840 g/mol. The van der Waals surface area contributed by atoms with Crippen LogP contribution in [0, 0.1) is 19.8 Å². The number of methoxy groups -OCH3 is 1. The highest BCUT2D eigenvalue weighted by molar-refractivity contribution is 6.06. The minimum Gasteiger partial charge on any atom is -0.507 e. The Kier molecular flexibility index (Phi) is 11.6. The summed E-state index contributed by atoms with van der Waals surface area (Å²) in [5.41, 5.74) is 14.1. The van der Waals surface area contributed by atoms with Gasteiger partial charge < -0.3 is 29.9 Å². The number of piperidine rings is 1. The number of ether oxygens (including phenoxy) is 1. The van der Waals surface area contributed by atoms with E-state index in [4.69, 9.17) is 15.5 Å². The molecule has 62 heavy (non-hydrogen) atoms. The molecule has 6 heterocycles. The number of fused-ring (bicyclic) bond motifs is 1. The number of phenolic OH excluding ortho intramolecular Hbond substituents is 1. The number of aryl methyl sites for hydroxylation is 2. The second kappa shape index (κ2) is 17.4. The molecule has 15 heteroatoms. The summed E-state index contributed by atoms with van der Waals surface area (Å²) in [5, 5.41) is 22.4. The normalized spacial score (nSPS) is 22.6. The molecule has 4 amide bonds. The van der Waals surface area contributed by atoms with E-state index in [0.29, 0.717) is 67.4 Å². The maximum atomic E-state index is 13.9. The van der Waals surface area contributed by atoms with Gasteiger partial charge in [0.1, 0.15) is 11.4 Å². The first-order valence-corrected chi connectivity index (χ1v) is 21.9. The van der Waals surface area contributed by atoms with Gasteiger partial charge in [-0.15, -0.1) is 10.2 Å². The molecule has 0 bridgehead atoms. The van der Waals surface area contributed by atoms with Gasteiger partial charge in [-0.2, -0.15) is 0 Å². The molecule has 1 aliphatic carbocycles. The Labute approximate surface area is 361 Å². The Hall–Kier alpha value is -6.06. The fraction of sp³-hybridized carbons (Fsp3) is 0.447. The van der Waals surface area contributed by atoms with Crippen LogP contribution in [0.2, 0.25) is 0 Å². The minimum atomic E-state index is -0.397. The number of nitrogen functional groups attached to an aromatic ring is 1. The number of nitrogens with zero attached hydrogens (tertiary/aromatic N) is 8. The number of rotatable bonds is 9. The lowest BCUT2D eigenvalue weighted by Gasteiger charge is -2.39. The third-order valence-corrected chi connectivity index (χ3v) is 13.6. The highest BCUT2D eigenvalue weighted by atomic mass is 16.5. The Morgan fingerprint density at radius 3 is 2.47 bits per heavy atom. The van der Waals surface area contributed by atoms with Gasteiger partial charge in [0.15, 0.2) is 5.82 Å². The molecule has 9 rings (SSSR count). The van der Waals surface area contributed by atoms with Crippen molar-refractivity contribution in [2.45, 2.75) is 70.4 Å². The summed E-state index contributed by atoms with van der Waals surface area (Å²) in [4.78, 5) is 51.1. The van der Waals surface area contributed by atoms with E-state index in [0.717, 1.165) is 85.1 Å². The van der Waals surface area contributed by atoms with Crippen molar-refractivity contribution in [3.8, 4) is 17.0 Å². The number of anilines is 3. The second-order valence-corrected chi connectivity index (χ2v) is 17.6. The summed E-state index contributed by atoms with van der Waals surface area (Å²) in [7, 11) is 1.74. The molecule has 1 saturated carbocycles. The average Bonchev–Trinajstić information content (AvgIpc) is 3.61. The Morgan fingerprint density at radius 2 is 1.73 bits per heavy atom. The lowest BCUT2D eigenvalue weighted by molar-refractivity contribution is -0.120. The first-order valence-electron chi connectivity index (χ1n) is 21.9. The number of carbonyl (C=O) groups excluding carboxylic acids is 3. The van der Waals surface area contributed by atoms with Gasteiger partial charge in [0, 0.05) is 101 Å². The van der Waals surface area contributed by atoms with Crippen molar-refractivity contribution in [1.82, 2.24) is 34.9 Å². The third-order valence-electron chi connectivity index (χ3n) is 13.6. The predicted molar refractivity (Wildman–Crippen MR) is 238 cm³/mol. The maximum Gasteiger partial charge on any atom is 0.328 e. The molecule has 4 aliphatic rings. The van der Waals surface area contributed by atoms with Crippen LogP contribution in [0.25, 0.3) is 22.3 Å². The molecule has 2 atom stereocenters. The molecular weight excluding hydrogens is 785 g/mol. The number of phenols is 1. The summed E-state index contributed by atoms with van der Waals surface area (Å²) in [6, 6.07) is 17.1. The van der Waals surface area contributed by atoms with Crippen molar-refractivity contribution in [3.05, 3.63) is 89.2 Å². The molecule has 5 aromatic rings. The molecule has 15 nitrogen and oxygen atoms in total. The lowest BCUT2D eigenvalue weighted by Crippen LogP contribution is -2.50. The van der Waals surface area contributed by atoms with Crippen LogP contribution in [0.3, 0.4) is 0 Å². The molecule has 2 aromatic carbocycles. The molecule has 3 saturated heterocycles. The zero-order valence-electron chi connectivity index (χ0n) is 35.8. The highest BCUT2D eigenvalue weighted by Gasteiger charge is 2.33. The summed E-state index contributed by atoms with van der Waals surface area (Å²) in [6.07, 6.45) is 9.49. The van der Waals surface area contributed by atoms with Gasteiger partial charge in [0.05, 0.1) is 29.4 Å². The van der Waals surface area contributed by atoms with Crippen LogP contribution in [0.4, 0.5) is 22.0 Å². The van der Waals surface area contributed by atoms with Gasteiger partial charge in [-0.3, -0.25) is 24.7 Å². The van der Waals surface area contributed by atoms with E-state index in [9.17, 15) is 19.5 Å². The molecule has 3 aromatic heterocycles. The van der Waals surface area contributed by atoms with Crippen LogP contribution in [-0.4, -0.2) is 118 Å². The molecule has 4 N–H and O–H groups in total. The average molecular weight is 841 g/mol. The molecule has 3 aliphatic heterocycles. The number of hydrogen-bond donors (Lipinski definition) is 3. The van der Waals surface area contributed by atoms with E-state index in [2.05, 4.69) is 56.0 Å². The van der Waals surface area contributed by atoms with E-state index >= 15 is 0 Å². The summed E-state index contributed by atoms with van der Waals surface area (Å²) in [5.74, 6) is 1.04. The quantitative estimate of drug-likeness (QED) is 0.158. The van der Waals surface area contributed by atoms with Gasteiger partial charge in [-0.1, -0.05) is 18.2 Å². The van der Waals surface area contributed by atoms with Crippen LogP contribution in [-0.2, 0) is 9.53 Å². The molecule has 324 valence electrons. The number of nitrogens with one attached hydrogen (secondary N) is 1. The van der Waals surface area contributed by atoms with Crippen LogP contribution in [0.15, 0.2) is 67.0 Å². The number of benzene rings is 2. The minimum absolute atomic E-state index is 0.0364. The summed E-state index contributed by atoms with van der Waals surface area (Å²) in [6.45, 7) is 10.1. The molecular formula is C47H56N10O5. The largest absolute Gasteiger partial charge is 0.507 e. The number of para-hydroxylation sites is 1. The van der Waals surface area contributed by atoms with Crippen molar-refractivity contribution in [2.24, 2.45) is 5.92 Å². The number of aromatic hydroxyl groups is 1. The van der Waals surface area contributed by atoms with E-state index in [1.807, 2.05) is 41.3 Å². The van der Waals surface area contributed by atoms with Crippen LogP contribution in [0.1, 0.15) is 77.5 Å². The fourth-order valence-electron chi connectivity index (χ4n) is 10.2. The first-order chi connectivity index (χ1) is 30.0. The number of urea groups is 1. The number of pyridine rings is 1. The highest BCUT2D eigenvalue weighted by Crippen LogP contribution is 2.39. The van der Waals surface area contributed by atoms with Gasteiger partial charge in [-0.05, 0) is 105 Å². The topological polar surface area (TPSA) is 175 Å². The van der Waals surface area contributed by atoms with Gasteiger partial charge in [-0.25, -0.2) is 9.78 Å². The number of nitrogens with two attached hydrogens (primary N) is 1. The molecule has 4 fully saturated rings. The molecule has 0 radical (unpaired) electrons. The Morgan fingerprint density at radius 1 is 0.935 bits per heavy atom. The van der Waals surface area contributed by atoms with E-state index in [-0.39, 0.29) is 36.0 Å². The third kappa shape index (κ3) is 8.30. The van der Waals surface area contributed by atoms with Crippen molar-refractivity contribution >= 4 is 46.1 Å². The predicted octanol–water partition coefficient (Wildman–Crippen LogP) is 6.04. The Balaban J connectivity index is 0.782. The number of aromatic nitrogens is 4. The van der Waals surface area contributed by atoms with Crippen molar-refractivity contribution in [2.75, 3.05) is 75.0 Å². The zero-order valence-corrected chi connectivity index (χ0v) is 35.8. The Bertz CT molecular complexity index is 2490. The van der Waals surface area contributed by atoms with Gasteiger partial charge >= 0.3 is 6.03 Å². The van der Waals surface area contributed by atoms with E-state index < -0.39 is 6.03 Å². The molecule has 2 unspecified atom stereocenters. The second-order valence-electron chi connectivity index (χ2n) is 17.6. The number of carbonyl (C=O) groups is 3. The van der Waals surface area contributed by atoms with Crippen LogP contribution >= 0.6 is 0 Å². The standard InChI is InChI=1S/C47H56N10O5/c1-29-20-32(10-13-37(29)33-21-36(62-3)28-55(27-33)41-23-40(51-52-44(41)48)38-6-4-5-7-42(38)58)46(60)54-18-16-53(17-19-54)26-31-8-11-34(12-9-31)57-25-30(2)39-22-35(24-49-45(39)57)56-15-14-43(59)50-47(56)61/h4-7,10,13,20,22-25,31,33-34,36,58H,8-9,11-12,14-19,21,26-28H2,1-3H3,(H2,48,52)(H,50,59,61). The van der Waals surface area contributed by atoms with Gasteiger partial charge in [0.25, 0.3) is 5.91 Å². The first kappa shape index (κ1) is 41.3. The number of hydrogen-bond acceptors (Lipinski definition) is 11. The van der Waals surface area contributed by atoms with E-state index in [1.54, 1.807) is 30.3 Å². The van der Waals surface area contributed by atoms with Crippen LogP contribution in [0.5, 0.6) is 5.75 Å². The van der Waals surface area contributed by atoms with Crippen molar-refractivity contribution in [1.29, 1.82) is 0 Å². The van der Waals surface area contributed by atoms with Gasteiger partial charge in [0.2, 0.25) is 5.91 Å². The number of imide groups is 1. The summed E-state index contributed by atoms with van der Waals surface area (Å²) >= 11 is 0. The summed E-state index contributed by atoms with van der Waals surface area (Å²) < 4.78 is 8.25. The molecule has 0 spiro atoms. The van der Waals surface area contributed by atoms with Crippen molar-refractivity contribution in [3.63, 3.8) is 0 Å². The fourth-order valence-corrected chi connectivity index (χ4v) is 10.2. The van der Waals surface area contributed by atoms with Crippen LogP contribution < -0.4 is 20.9 Å². The SMILES string of the molecule is COC1CC(c2ccc(C(=O)N3CCN(CC4CCC(n5cc(C)c6cc(N7CCC(=O)NC7=O)cnc65)CC4)CC3)cc2C)CN(c2cc(-c3ccccc3O)nnc2N)C1. The smallest absolute Gasteiger partial charge is 0.328 e. The number of amides is 4. The lowest BCUT2D eigenvalue weighted by atomic mass is 9.85. The maximum absolute atomic E-state index is 13.9. The zero-order chi connectivity index (χ0) is 43.1. The van der Waals surface area contributed by atoms with E-state index in [1.165, 1.54) is 5.56 Å².